The predicted octanol–water partition coefficient (Wildman–Crippen LogP) is 4.97. The summed E-state index contributed by atoms with van der Waals surface area (Å²) >= 11 is 6.02. The average molecular weight is 757 g/mol. The molecular formula is C34H32ClF3N8O7. The van der Waals surface area contributed by atoms with E-state index in [9.17, 15) is 32.3 Å². The molecule has 278 valence electrons. The minimum atomic E-state index is -4.64. The molecule has 53 heavy (non-hydrogen) atoms. The maximum atomic E-state index is 13.1. The lowest BCUT2D eigenvalue weighted by Gasteiger charge is -2.19. The van der Waals surface area contributed by atoms with E-state index in [1.807, 2.05) is 12.1 Å². The van der Waals surface area contributed by atoms with Crippen LogP contribution in [0.15, 0.2) is 66.9 Å². The van der Waals surface area contributed by atoms with Crippen LogP contribution in [0, 0.1) is 0 Å². The Morgan fingerprint density at radius 2 is 1.64 bits per heavy atom. The number of anilines is 4. The molecule has 2 heterocycles. The quantitative estimate of drug-likeness (QED) is 0.0884. The number of rotatable bonds is 16. The highest BCUT2D eigenvalue weighted by Gasteiger charge is 2.45. The van der Waals surface area contributed by atoms with Crippen molar-refractivity contribution < 1.29 is 46.6 Å². The number of carbonyl (C=O) groups is 4. The average Bonchev–Trinajstić information content (AvgIpc) is 3.92. The molecule has 5 rings (SSSR count). The number of ether oxygens (including phenoxy) is 3. The van der Waals surface area contributed by atoms with Crippen molar-refractivity contribution in [1.29, 1.82) is 0 Å². The number of ketones is 1. The molecule has 1 atom stereocenters. The van der Waals surface area contributed by atoms with Crippen LogP contribution < -0.4 is 30.7 Å². The van der Waals surface area contributed by atoms with E-state index >= 15 is 0 Å². The van der Waals surface area contributed by atoms with E-state index in [4.69, 9.17) is 25.8 Å². The van der Waals surface area contributed by atoms with Crippen LogP contribution in [-0.4, -0.2) is 76.5 Å². The van der Waals surface area contributed by atoms with Crippen LogP contribution >= 0.6 is 11.6 Å². The van der Waals surface area contributed by atoms with Gasteiger partial charge in [0, 0.05) is 28.9 Å². The number of pyridine rings is 1. The van der Waals surface area contributed by atoms with Crippen molar-refractivity contribution in [3.8, 4) is 11.9 Å². The summed E-state index contributed by atoms with van der Waals surface area (Å²) < 4.78 is 53.5. The molecule has 0 bridgehead atoms. The minimum absolute atomic E-state index is 0.0373. The first-order valence-corrected chi connectivity index (χ1v) is 16.2. The van der Waals surface area contributed by atoms with Gasteiger partial charge in [0.25, 0.3) is 11.8 Å². The van der Waals surface area contributed by atoms with Crippen LogP contribution in [0.3, 0.4) is 0 Å². The Morgan fingerprint density at radius 1 is 0.943 bits per heavy atom. The van der Waals surface area contributed by atoms with E-state index in [2.05, 4.69) is 41.2 Å². The summed E-state index contributed by atoms with van der Waals surface area (Å²) in [6, 6.07) is 14.0. The maximum absolute atomic E-state index is 13.1. The van der Waals surface area contributed by atoms with Gasteiger partial charge in [0.15, 0.2) is 6.61 Å². The van der Waals surface area contributed by atoms with E-state index in [1.165, 1.54) is 49.7 Å². The lowest BCUT2D eigenvalue weighted by atomic mass is 10.1. The normalized spacial score (nSPS) is 13.5. The largest absolute Gasteiger partial charge is 0.480 e. The Kier molecular flexibility index (Phi) is 11.9. The summed E-state index contributed by atoms with van der Waals surface area (Å²) in [6.45, 7) is -1.63. The number of methoxy groups -OCH3 is 2. The number of alkyl halides is 3. The van der Waals surface area contributed by atoms with Crippen LogP contribution in [0.4, 0.5) is 36.4 Å². The van der Waals surface area contributed by atoms with Gasteiger partial charge in [0.2, 0.25) is 23.6 Å². The number of aromatic nitrogens is 4. The number of halogens is 4. The SMILES string of the molecule is COC(=O)[C@H](CCC(=O)C(=O)Nc1cccnc1OC)NC(=O)c1ccc(Nc2nc(NC3(c4ccc(Cl)cc4)CC3)nc(OCC(F)(F)F)n2)cc1. The maximum Gasteiger partial charge on any atom is 0.422 e. The molecule has 2 aromatic carbocycles. The second-order valence-electron chi connectivity index (χ2n) is 11.6. The highest BCUT2D eigenvalue weighted by atomic mass is 35.5. The van der Waals surface area contributed by atoms with Crippen molar-refractivity contribution >= 4 is 58.4 Å². The molecule has 1 aliphatic rings. The van der Waals surface area contributed by atoms with E-state index in [0.717, 1.165) is 12.7 Å². The summed E-state index contributed by atoms with van der Waals surface area (Å²) in [5, 5.41) is 11.5. The zero-order valence-corrected chi connectivity index (χ0v) is 28.9. The summed E-state index contributed by atoms with van der Waals surface area (Å²) in [6.07, 6.45) is -2.45. The van der Waals surface area contributed by atoms with Crippen LogP contribution in [-0.2, 0) is 24.7 Å². The van der Waals surface area contributed by atoms with E-state index in [-0.39, 0.29) is 35.4 Å². The van der Waals surface area contributed by atoms with Crippen molar-refractivity contribution in [1.82, 2.24) is 25.3 Å². The first-order valence-electron chi connectivity index (χ1n) is 15.9. The van der Waals surface area contributed by atoms with Crippen LogP contribution in [0.5, 0.6) is 11.9 Å². The Labute approximate surface area is 305 Å². The van der Waals surface area contributed by atoms with Crippen molar-refractivity contribution in [3.05, 3.63) is 83.0 Å². The second kappa shape index (κ2) is 16.5. The second-order valence-corrected chi connectivity index (χ2v) is 12.0. The molecule has 2 amide bonds. The number of nitrogens with one attached hydrogen (secondary N) is 4. The number of hydrogen-bond donors (Lipinski definition) is 4. The van der Waals surface area contributed by atoms with Gasteiger partial charge in [-0.05, 0) is 73.4 Å². The number of Topliss-reactive ketones (excluding diaryl/α,β-unsaturated/α-hetero) is 1. The van der Waals surface area contributed by atoms with E-state index in [1.54, 1.807) is 12.1 Å². The van der Waals surface area contributed by atoms with Crippen molar-refractivity contribution in [2.45, 2.75) is 43.4 Å². The van der Waals surface area contributed by atoms with Gasteiger partial charge in [-0.1, -0.05) is 23.7 Å². The summed E-state index contributed by atoms with van der Waals surface area (Å²) in [5.41, 5.74) is 0.938. The Balaban J connectivity index is 1.24. The fourth-order valence-corrected chi connectivity index (χ4v) is 5.10. The summed E-state index contributed by atoms with van der Waals surface area (Å²) in [5.74, 6) is -3.46. The molecule has 19 heteroatoms. The van der Waals surface area contributed by atoms with Gasteiger partial charge in [-0.2, -0.15) is 28.1 Å². The highest BCUT2D eigenvalue weighted by molar-refractivity contribution is 6.40. The topological polar surface area (TPSA) is 196 Å². The molecule has 4 N–H and O–H groups in total. The molecule has 1 saturated carbocycles. The van der Waals surface area contributed by atoms with Crippen LogP contribution in [0.2, 0.25) is 5.02 Å². The monoisotopic (exact) mass is 756 g/mol. The van der Waals surface area contributed by atoms with Gasteiger partial charge >= 0.3 is 18.2 Å². The van der Waals surface area contributed by atoms with Crippen LogP contribution in [0.1, 0.15) is 41.6 Å². The molecule has 15 nitrogen and oxygen atoms in total. The van der Waals surface area contributed by atoms with Crippen LogP contribution in [0.25, 0.3) is 0 Å². The smallest absolute Gasteiger partial charge is 0.422 e. The molecule has 0 aliphatic heterocycles. The molecule has 0 radical (unpaired) electrons. The highest BCUT2D eigenvalue weighted by Crippen LogP contribution is 2.48. The van der Waals surface area contributed by atoms with Gasteiger partial charge in [0.1, 0.15) is 11.7 Å². The number of carbonyl (C=O) groups excluding carboxylic acids is 4. The molecule has 4 aromatic rings. The molecule has 0 unspecified atom stereocenters. The molecule has 1 aliphatic carbocycles. The van der Waals surface area contributed by atoms with E-state index in [0.29, 0.717) is 23.6 Å². The van der Waals surface area contributed by atoms with Crippen molar-refractivity contribution in [2.75, 3.05) is 36.8 Å². The number of amides is 2. The van der Waals surface area contributed by atoms with Crippen molar-refractivity contribution in [3.63, 3.8) is 0 Å². The third-order valence-corrected chi connectivity index (χ3v) is 8.05. The van der Waals surface area contributed by atoms with Gasteiger partial charge in [-0.25, -0.2) is 9.78 Å². The molecule has 2 aromatic heterocycles. The Hall–Kier alpha value is -6.04. The third kappa shape index (κ3) is 10.5. The fourth-order valence-electron chi connectivity index (χ4n) is 4.97. The zero-order chi connectivity index (χ0) is 38.2. The van der Waals surface area contributed by atoms with Gasteiger partial charge < -0.3 is 35.5 Å². The molecule has 0 saturated heterocycles. The van der Waals surface area contributed by atoms with Gasteiger partial charge in [-0.3, -0.25) is 14.4 Å². The predicted molar refractivity (Wildman–Crippen MR) is 184 cm³/mol. The lowest BCUT2D eigenvalue weighted by Crippen LogP contribution is -2.42. The number of hydrogen-bond acceptors (Lipinski definition) is 13. The minimum Gasteiger partial charge on any atom is -0.480 e. The summed E-state index contributed by atoms with van der Waals surface area (Å²) in [7, 11) is 2.45. The zero-order valence-electron chi connectivity index (χ0n) is 28.1. The Bertz CT molecular complexity index is 1960. The number of esters is 1. The molecule has 1 fully saturated rings. The molecule has 0 spiro atoms. The standard InChI is InChI=1S/C34H32ClF3N8O7/c1-51-28-23(4-3-17-39-28)41-27(49)25(47)14-13-24(29(50)52-2)42-26(48)19-5-11-22(12-6-19)40-30-43-31(45-32(44-30)53-18-34(36,37)38)46-33(15-16-33)20-7-9-21(35)10-8-20/h3-12,17,24H,13-16,18H2,1-2H3,(H,41,49)(H,42,48)(H2,40,43,44,45,46)/t24-/m0/s1. The first-order chi connectivity index (χ1) is 25.3. The first kappa shape index (κ1) is 38.2. The number of nitrogens with zero attached hydrogens (tertiary/aromatic N) is 4. The third-order valence-electron chi connectivity index (χ3n) is 7.80. The van der Waals surface area contributed by atoms with Gasteiger partial charge in [0.05, 0.1) is 19.8 Å². The summed E-state index contributed by atoms with van der Waals surface area (Å²) in [4.78, 5) is 66.8. The lowest BCUT2D eigenvalue weighted by molar-refractivity contribution is -0.154. The number of benzene rings is 2. The van der Waals surface area contributed by atoms with Crippen molar-refractivity contribution in [2.24, 2.45) is 0 Å². The Morgan fingerprint density at radius 3 is 2.28 bits per heavy atom. The van der Waals surface area contributed by atoms with E-state index < -0.39 is 60.4 Å². The molecular weight excluding hydrogens is 725 g/mol. The fraction of sp³-hybridized carbons (Fsp3) is 0.294. The van der Waals surface area contributed by atoms with Gasteiger partial charge in [-0.15, -0.1) is 0 Å².